The quantitative estimate of drug-likeness (QED) is 0.367. The Bertz CT molecular complexity index is 704. The van der Waals surface area contributed by atoms with E-state index in [4.69, 9.17) is 14.2 Å². The van der Waals surface area contributed by atoms with Crippen LogP contribution >= 0.6 is 0 Å². The third-order valence-electron chi connectivity index (χ3n) is 3.65. The number of carbonyl (C=O) groups excluding carboxylic acids is 2. The van der Waals surface area contributed by atoms with E-state index in [1.807, 2.05) is 0 Å². The Morgan fingerprint density at radius 3 is 1.92 bits per heavy atom. The van der Waals surface area contributed by atoms with Crippen molar-refractivity contribution in [3.63, 3.8) is 0 Å². The van der Waals surface area contributed by atoms with Crippen molar-refractivity contribution in [2.24, 2.45) is 0 Å². The fourth-order valence-electron chi connectivity index (χ4n) is 2.31. The van der Waals surface area contributed by atoms with E-state index in [1.165, 1.54) is 19.8 Å². The minimum atomic E-state index is -0.459. The number of unbranched alkanes of at least 4 members (excludes halogenated alkanes) is 3. The Kier molecular flexibility index (Phi) is 7.68. The van der Waals surface area contributed by atoms with Crippen molar-refractivity contribution >= 4 is 11.9 Å². The number of rotatable bonds is 9. The molecule has 0 atom stereocenters. The number of hydrogen-bond acceptors (Lipinski definition) is 5. The first-order chi connectivity index (χ1) is 12.6. The van der Waals surface area contributed by atoms with E-state index in [2.05, 4.69) is 6.92 Å². The summed E-state index contributed by atoms with van der Waals surface area (Å²) in [5.74, 6) is 0.658. The lowest BCUT2D eigenvalue weighted by Crippen LogP contribution is -2.08. The minimum absolute atomic E-state index is 0.377. The largest absolute Gasteiger partial charge is 0.494 e. The monoisotopic (exact) mass is 356 g/mol. The summed E-state index contributed by atoms with van der Waals surface area (Å²) < 4.78 is 15.9. The molecule has 0 N–H and O–H groups in total. The van der Waals surface area contributed by atoms with Gasteiger partial charge in [-0.15, -0.1) is 0 Å². The summed E-state index contributed by atoms with van der Waals surface area (Å²) in [7, 11) is 0. The maximum atomic E-state index is 12.2. The summed E-state index contributed by atoms with van der Waals surface area (Å²) in [5.41, 5.74) is 0.437. The Labute approximate surface area is 153 Å². The van der Waals surface area contributed by atoms with Gasteiger partial charge in [-0.25, -0.2) is 4.79 Å². The summed E-state index contributed by atoms with van der Waals surface area (Å²) in [4.78, 5) is 23.1. The van der Waals surface area contributed by atoms with Crippen LogP contribution in [-0.2, 0) is 4.79 Å². The SMILES string of the molecule is CCCCCCOc1ccc(C(=O)Oc2ccc(OC(C)=O)cc2)cc1. The van der Waals surface area contributed by atoms with Gasteiger partial charge in [0.05, 0.1) is 12.2 Å². The highest BCUT2D eigenvalue weighted by Gasteiger charge is 2.09. The third kappa shape index (κ3) is 6.59. The first kappa shape index (κ1) is 19.5. The molecule has 2 aromatic rings. The fraction of sp³-hybridized carbons (Fsp3) is 0.333. The summed E-state index contributed by atoms with van der Waals surface area (Å²) >= 11 is 0. The van der Waals surface area contributed by atoms with Crippen molar-refractivity contribution in [3.8, 4) is 17.2 Å². The van der Waals surface area contributed by atoms with Crippen molar-refractivity contribution in [1.29, 1.82) is 0 Å². The maximum absolute atomic E-state index is 12.2. The molecule has 0 fully saturated rings. The minimum Gasteiger partial charge on any atom is -0.494 e. The van der Waals surface area contributed by atoms with E-state index < -0.39 is 11.9 Å². The molecule has 2 aromatic carbocycles. The highest BCUT2D eigenvalue weighted by atomic mass is 16.5. The Morgan fingerprint density at radius 1 is 0.769 bits per heavy atom. The van der Waals surface area contributed by atoms with Crippen molar-refractivity contribution in [2.45, 2.75) is 39.5 Å². The zero-order valence-electron chi connectivity index (χ0n) is 15.2. The lowest BCUT2D eigenvalue weighted by atomic mass is 10.2. The molecule has 0 aliphatic heterocycles. The van der Waals surface area contributed by atoms with Crippen LogP contribution in [0.2, 0.25) is 0 Å². The van der Waals surface area contributed by atoms with Gasteiger partial charge < -0.3 is 14.2 Å². The van der Waals surface area contributed by atoms with Crippen LogP contribution in [0, 0.1) is 0 Å². The summed E-state index contributed by atoms with van der Waals surface area (Å²) in [6.07, 6.45) is 4.61. The van der Waals surface area contributed by atoms with E-state index in [9.17, 15) is 9.59 Å². The van der Waals surface area contributed by atoms with E-state index in [0.717, 1.165) is 18.6 Å². The fourth-order valence-corrected chi connectivity index (χ4v) is 2.31. The Morgan fingerprint density at radius 2 is 1.35 bits per heavy atom. The summed E-state index contributed by atoms with van der Waals surface area (Å²) in [6, 6.07) is 13.2. The molecular formula is C21H24O5. The van der Waals surface area contributed by atoms with Gasteiger partial charge in [-0.05, 0) is 55.0 Å². The standard InChI is InChI=1S/C21H24O5/c1-3-4-5-6-15-24-18-9-7-17(8-10-18)21(23)26-20-13-11-19(12-14-20)25-16(2)22/h7-14H,3-6,15H2,1-2H3. The van der Waals surface area contributed by atoms with Gasteiger partial charge in [-0.2, -0.15) is 0 Å². The molecule has 0 spiro atoms. The van der Waals surface area contributed by atoms with Crippen LogP contribution in [0.5, 0.6) is 17.2 Å². The number of hydrogen-bond donors (Lipinski definition) is 0. The lowest BCUT2D eigenvalue weighted by Gasteiger charge is -2.08. The zero-order chi connectivity index (χ0) is 18.8. The van der Waals surface area contributed by atoms with Gasteiger partial charge in [0.2, 0.25) is 0 Å². The molecule has 0 aromatic heterocycles. The maximum Gasteiger partial charge on any atom is 0.343 e. The second kappa shape index (κ2) is 10.2. The van der Waals surface area contributed by atoms with Gasteiger partial charge in [0.15, 0.2) is 0 Å². The molecule has 0 radical (unpaired) electrons. The molecule has 0 aliphatic rings. The van der Waals surface area contributed by atoms with Crippen LogP contribution in [0.25, 0.3) is 0 Å². The molecule has 138 valence electrons. The summed E-state index contributed by atoms with van der Waals surface area (Å²) in [5, 5.41) is 0. The van der Waals surface area contributed by atoms with Crippen LogP contribution in [0.3, 0.4) is 0 Å². The molecule has 2 rings (SSSR count). The number of benzene rings is 2. The predicted molar refractivity (Wildman–Crippen MR) is 98.8 cm³/mol. The van der Waals surface area contributed by atoms with Gasteiger partial charge in [0.1, 0.15) is 17.2 Å². The molecule has 0 unspecified atom stereocenters. The van der Waals surface area contributed by atoms with Gasteiger partial charge in [-0.1, -0.05) is 26.2 Å². The molecule has 0 aliphatic carbocycles. The van der Waals surface area contributed by atoms with Gasteiger partial charge >= 0.3 is 11.9 Å². The topological polar surface area (TPSA) is 61.8 Å². The van der Waals surface area contributed by atoms with E-state index in [1.54, 1.807) is 48.5 Å². The van der Waals surface area contributed by atoms with E-state index in [0.29, 0.717) is 23.7 Å². The van der Waals surface area contributed by atoms with Crippen LogP contribution in [0.4, 0.5) is 0 Å². The van der Waals surface area contributed by atoms with Crippen molar-refractivity contribution < 1.29 is 23.8 Å². The zero-order valence-corrected chi connectivity index (χ0v) is 15.2. The first-order valence-corrected chi connectivity index (χ1v) is 8.82. The van der Waals surface area contributed by atoms with E-state index >= 15 is 0 Å². The smallest absolute Gasteiger partial charge is 0.343 e. The Balaban J connectivity index is 1.84. The first-order valence-electron chi connectivity index (χ1n) is 8.82. The normalized spacial score (nSPS) is 10.2. The number of ether oxygens (including phenoxy) is 3. The number of carbonyl (C=O) groups is 2. The average molecular weight is 356 g/mol. The lowest BCUT2D eigenvalue weighted by molar-refractivity contribution is -0.131. The van der Waals surface area contributed by atoms with Crippen LogP contribution in [-0.4, -0.2) is 18.5 Å². The van der Waals surface area contributed by atoms with Crippen molar-refractivity contribution in [1.82, 2.24) is 0 Å². The van der Waals surface area contributed by atoms with Gasteiger partial charge in [0, 0.05) is 6.92 Å². The van der Waals surface area contributed by atoms with Crippen molar-refractivity contribution in [2.75, 3.05) is 6.61 Å². The van der Waals surface area contributed by atoms with Crippen LogP contribution in [0.15, 0.2) is 48.5 Å². The Hall–Kier alpha value is -2.82. The molecule has 0 amide bonds. The molecular weight excluding hydrogens is 332 g/mol. The molecule has 0 saturated heterocycles. The second-order valence-corrected chi connectivity index (χ2v) is 5.89. The van der Waals surface area contributed by atoms with Crippen molar-refractivity contribution in [3.05, 3.63) is 54.1 Å². The van der Waals surface area contributed by atoms with Gasteiger partial charge in [0.25, 0.3) is 0 Å². The number of esters is 2. The molecule has 5 nitrogen and oxygen atoms in total. The third-order valence-corrected chi connectivity index (χ3v) is 3.65. The average Bonchev–Trinajstić information content (AvgIpc) is 2.63. The predicted octanol–water partition coefficient (Wildman–Crippen LogP) is 4.79. The van der Waals surface area contributed by atoms with Crippen LogP contribution in [0.1, 0.15) is 49.9 Å². The molecule has 26 heavy (non-hydrogen) atoms. The molecule has 0 saturated carbocycles. The second-order valence-electron chi connectivity index (χ2n) is 5.89. The molecule has 5 heteroatoms. The van der Waals surface area contributed by atoms with E-state index in [-0.39, 0.29) is 0 Å². The van der Waals surface area contributed by atoms with Gasteiger partial charge in [-0.3, -0.25) is 4.79 Å². The molecule has 0 bridgehead atoms. The summed E-state index contributed by atoms with van der Waals surface area (Å²) in [6.45, 7) is 4.18. The van der Waals surface area contributed by atoms with Crippen LogP contribution < -0.4 is 14.2 Å². The molecule has 0 heterocycles. The highest BCUT2D eigenvalue weighted by molar-refractivity contribution is 5.91. The highest BCUT2D eigenvalue weighted by Crippen LogP contribution is 2.20.